The number of carbonyl (C=O) groups excluding carboxylic acids is 1. The molecule has 0 radical (unpaired) electrons. The molecule has 0 bridgehead atoms. The van der Waals surface area contributed by atoms with Crippen molar-refractivity contribution in [1.82, 2.24) is 19.6 Å². The predicted molar refractivity (Wildman–Crippen MR) is 139 cm³/mol. The molecule has 180 valence electrons. The van der Waals surface area contributed by atoms with E-state index in [0.717, 1.165) is 28.1 Å². The fourth-order valence-corrected chi connectivity index (χ4v) is 5.23. The van der Waals surface area contributed by atoms with E-state index in [-0.39, 0.29) is 11.5 Å². The fourth-order valence-electron chi connectivity index (χ4n) is 4.58. The third-order valence-corrected chi connectivity index (χ3v) is 7.02. The number of halogens is 2. The summed E-state index contributed by atoms with van der Waals surface area (Å²) in [6.45, 7) is 0. The molecule has 0 aliphatic carbocycles. The van der Waals surface area contributed by atoms with Gasteiger partial charge in [0.1, 0.15) is 5.75 Å². The molecule has 0 amide bonds. The lowest BCUT2D eigenvalue weighted by Gasteiger charge is -2.06. The summed E-state index contributed by atoms with van der Waals surface area (Å²) in [7, 11) is 0. The monoisotopic (exact) mass is 510 g/mol. The zero-order valence-corrected chi connectivity index (χ0v) is 19.8. The van der Waals surface area contributed by atoms with Crippen molar-refractivity contribution in [3.8, 4) is 22.6 Å². The number of carbonyl (C=O) groups is 1. The van der Waals surface area contributed by atoms with E-state index in [4.69, 9.17) is 4.74 Å². The zero-order chi connectivity index (χ0) is 25.1. The van der Waals surface area contributed by atoms with E-state index in [2.05, 4.69) is 26.5 Å². The van der Waals surface area contributed by atoms with Crippen LogP contribution in [0, 0.1) is 11.6 Å². The number of rotatable bonds is 5. The quantitative estimate of drug-likeness (QED) is 0.238. The number of nitrogens with one attached hydrogen (secondary N) is 2. The molecule has 37 heavy (non-hydrogen) atoms. The van der Waals surface area contributed by atoms with Crippen LogP contribution in [0.15, 0.2) is 83.7 Å². The SMILES string of the molecule is O=C(c1cc2c(-c3ccsc3)cccc2[nH]1)c1c[nH]n2c1nc1cc(Oc3cccc(F)c3F)ccc12. The summed E-state index contributed by atoms with van der Waals surface area (Å²) in [5, 5.41) is 8.16. The smallest absolute Gasteiger partial charge is 0.214 e. The third-order valence-electron chi connectivity index (χ3n) is 6.33. The normalized spacial score (nSPS) is 11.6. The van der Waals surface area contributed by atoms with Crippen LogP contribution in [-0.4, -0.2) is 25.4 Å². The Balaban J connectivity index is 1.27. The number of ketones is 1. The van der Waals surface area contributed by atoms with Gasteiger partial charge < -0.3 is 9.72 Å². The lowest BCUT2D eigenvalue weighted by Crippen LogP contribution is -2.01. The Morgan fingerprint density at radius 2 is 1.92 bits per heavy atom. The minimum absolute atomic E-state index is 0.202. The van der Waals surface area contributed by atoms with Crippen LogP contribution < -0.4 is 4.74 Å². The Morgan fingerprint density at radius 1 is 1.03 bits per heavy atom. The topological polar surface area (TPSA) is 75.2 Å². The Hall–Kier alpha value is -4.76. The number of H-pyrrole nitrogens is 2. The van der Waals surface area contributed by atoms with Crippen molar-refractivity contribution in [2.75, 3.05) is 0 Å². The van der Waals surface area contributed by atoms with E-state index in [9.17, 15) is 13.6 Å². The molecular formula is C28H16F2N4O2S. The van der Waals surface area contributed by atoms with Crippen LogP contribution in [0.25, 0.3) is 38.7 Å². The molecule has 0 unspecified atom stereocenters. The van der Waals surface area contributed by atoms with Gasteiger partial charge >= 0.3 is 0 Å². The van der Waals surface area contributed by atoms with Gasteiger partial charge in [-0.2, -0.15) is 15.7 Å². The highest BCUT2D eigenvalue weighted by molar-refractivity contribution is 7.08. The van der Waals surface area contributed by atoms with Crippen molar-refractivity contribution in [2.24, 2.45) is 0 Å². The zero-order valence-electron chi connectivity index (χ0n) is 19.0. The molecule has 3 aromatic carbocycles. The van der Waals surface area contributed by atoms with E-state index < -0.39 is 11.6 Å². The molecule has 2 N–H and O–H groups in total. The van der Waals surface area contributed by atoms with Crippen LogP contribution in [0.2, 0.25) is 0 Å². The van der Waals surface area contributed by atoms with Crippen LogP contribution in [0.1, 0.15) is 16.1 Å². The maximum absolute atomic E-state index is 14.0. The third kappa shape index (κ3) is 3.43. The van der Waals surface area contributed by atoms with Gasteiger partial charge in [-0.15, -0.1) is 0 Å². The molecule has 7 rings (SSSR count). The van der Waals surface area contributed by atoms with Crippen molar-refractivity contribution < 1.29 is 18.3 Å². The molecule has 0 atom stereocenters. The second-order valence-corrected chi connectivity index (χ2v) is 9.33. The second kappa shape index (κ2) is 8.14. The fraction of sp³-hybridized carbons (Fsp3) is 0. The molecule has 9 heteroatoms. The lowest BCUT2D eigenvalue weighted by atomic mass is 10.0. The molecule has 0 saturated heterocycles. The van der Waals surface area contributed by atoms with Crippen molar-refractivity contribution >= 4 is 44.7 Å². The van der Waals surface area contributed by atoms with E-state index in [1.165, 1.54) is 12.1 Å². The van der Waals surface area contributed by atoms with Crippen molar-refractivity contribution in [1.29, 1.82) is 0 Å². The largest absolute Gasteiger partial charge is 0.454 e. The van der Waals surface area contributed by atoms with Gasteiger partial charge in [0.05, 0.1) is 22.3 Å². The summed E-state index contributed by atoms with van der Waals surface area (Å²) in [5.74, 6) is -2.18. The predicted octanol–water partition coefficient (Wildman–Crippen LogP) is 7.33. The number of nitrogens with zero attached hydrogens (tertiary/aromatic N) is 2. The summed E-state index contributed by atoms with van der Waals surface area (Å²) >= 11 is 1.62. The van der Waals surface area contributed by atoms with Gasteiger partial charge in [0, 0.05) is 23.2 Å². The van der Waals surface area contributed by atoms with Crippen molar-refractivity contribution in [3.05, 3.63) is 107 Å². The van der Waals surface area contributed by atoms with Gasteiger partial charge in [-0.05, 0) is 64.4 Å². The number of fused-ring (bicyclic) bond motifs is 4. The summed E-state index contributed by atoms with van der Waals surface area (Å²) in [6.07, 6.45) is 1.63. The average Bonchev–Trinajstić information content (AvgIpc) is 3.69. The van der Waals surface area contributed by atoms with Crippen LogP contribution in [0.3, 0.4) is 0 Å². The summed E-state index contributed by atoms with van der Waals surface area (Å²) in [5.41, 5.74) is 5.58. The van der Waals surface area contributed by atoms with Crippen LogP contribution in [-0.2, 0) is 0 Å². The lowest BCUT2D eigenvalue weighted by molar-refractivity contribution is 0.103. The molecule has 0 aliphatic rings. The molecule has 0 saturated carbocycles. The number of aromatic amines is 2. The number of ether oxygens (including phenoxy) is 1. The number of aromatic nitrogens is 4. The first-order valence-electron chi connectivity index (χ1n) is 11.4. The second-order valence-electron chi connectivity index (χ2n) is 8.55. The first-order chi connectivity index (χ1) is 18.1. The number of hydrogen-bond donors (Lipinski definition) is 2. The Kier molecular flexibility index (Phi) is 4.73. The first kappa shape index (κ1) is 21.5. The van der Waals surface area contributed by atoms with Crippen LogP contribution in [0.4, 0.5) is 8.78 Å². The van der Waals surface area contributed by atoms with Gasteiger partial charge in [0.25, 0.3) is 0 Å². The molecule has 0 fully saturated rings. The molecule has 0 spiro atoms. The number of imidazole rings is 1. The summed E-state index contributed by atoms with van der Waals surface area (Å²) in [4.78, 5) is 21.4. The molecule has 4 aromatic heterocycles. The van der Waals surface area contributed by atoms with Crippen molar-refractivity contribution in [3.63, 3.8) is 0 Å². The molecule has 4 heterocycles. The van der Waals surface area contributed by atoms with Gasteiger partial charge in [-0.3, -0.25) is 9.89 Å². The molecule has 7 aromatic rings. The first-order valence-corrected chi connectivity index (χ1v) is 12.3. The highest BCUT2D eigenvalue weighted by Crippen LogP contribution is 2.32. The van der Waals surface area contributed by atoms with Gasteiger partial charge in [-0.25, -0.2) is 13.9 Å². The van der Waals surface area contributed by atoms with Gasteiger partial charge in [0.2, 0.25) is 11.6 Å². The summed E-state index contributed by atoms with van der Waals surface area (Å²) in [6, 6.07) is 18.6. The van der Waals surface area contributed by atoms with E-state index >= 15 is 0 Å². The number of benzene rings is 3. The Bertz CT molecular complexity index is 1970. The van der Waals surface area contributed by atoms with Gasteiger partial charge in [0.15, 0.2) is 17.2 Å². The standard InChI is InChI=1S/C28H16F2N4O2S/c29-20-4-2-6-25(26(20)30)36-16-7-8-24-22(11-16)33-28-19(13-31-34(24)28)27(35)23-12-18-17(15-9-10-37-14-15)3-1-5-21(18)32-23/h1-14,31-32H. The minimum Gasteiger partial charge on any atom is -0.454 e. The molecule has 6 nitrogen and oxygen atoms in total. The molecule has 0 aliphatic heterocycles. The van der Waals surface area contributed by atoms with Crippen LogP contribution >= 0.6 is 11.3 Å². The average molecular weight is 511 g/mol. The maximum Gasteiger partial charge on any atom is 0.214 e. The minimum atomic E-state index is -1.06. The van der Waals surface area contributed by atoms with E-state index in [1.54, 1.807) is 40.2 Å². The maximum atomic E-state index is 14.0. The van der Waals surface area contributed by atoms with Crippen molar-refractivity contribution in [2.45, 2.75) is 0 Å². The van der Waals surface area contributed by atoms with E-state index in [1.807, 2.05) is 29.6 Å². The Labute approximate surface area is 211 Å². The van der Waals surface area contributed by atoms with Gasteiger partial charge in [-0.1, -0.05) is 18.2 Å². The van der Waals surface area contributed by atoms with E-state index in [0.29, 0.717) is 33.7 Å². The highest BCUT2D eigenvalue weighted by atomic mass is 32.1. The summed E-state index contributed by atoms with van der Waals surface area (Å²) < 4.78 is 34.8. The van der Waals surface area contributed by atoms with Crippen LogP contribution in [0.5, 0.6) is 11.5 Å². The number of thiophene rings is 1. The highest BCUT2D eigenvalue weighted by Gasteiger charge is 2.21. The number of hydrogen-bond acceptors (Lipinski definition) is 4. The Morgan fingerprint density at radius 3 is 2.78 bits per heavy atom. The molecular weight excluding hydrogens is 494 g/mol.